The number of rotatable bonds is 4. The molecule has 7 nitrogen and oxygen atoms in total. The average Bonchev–Trinajstić information content (AvgIpc) is 2.73. The van der Waals surface area contributed by atoms with Crippen LogP contribution in [0.4, 0.5) is 5.69 Å². The first kappa shape index (κ1) is 20.4. The largest absolute Gasteiger partial charge is 0.321 e. The summed E-state index contributed by atoms with van der Waals surface area (Å²) in [6.07, 6.45) is 4.20. The van der Waals surface area contributed by atoms with E-state index in [0.29, 0.717) is 16.7 Å². The van der Waals surface area contributed by atoms with Gasteiger partial charge in [-0.05, 0) is 63.1 Å². The Hall–Kier alpha value is -2.84. The second-order valence-electron chi connectivity index (χ2n) is 7.69. The quantitative estimate of drug-likeness (QED) is 0.687. The summed E-state index contributed by atoms with van der Waals surface area (Å²) in [5.41, 5.74) is 2.04. The molecule has 2 aromatic carbocycles. The van der Waals surface area contributed by atoms with E-state index in [-0.39, 0.29) is 22.7 Å². The van der Waals surface area contributed by atoms with E-state index in [1.807, 2.05) is 32.0 Å². The minimum Gasteiger partial charge on any atom is -0.321 e. The summed E-state index contributed by atoms with van der Waals surface area (Å²) < 4.78 is 27.8. The van der Waals surface area contributed by atoms with Crippen LogP contribution in [-0.4, -0.2) is 40.7 Å². The number of nitrogens with one attached hydrogen (secondary N) is 1. The number of amides is 1. The molecule has 3 aromatic rings. The van der Waals surface area contributed by atoms with Crippen LogP contribution in [0.2, 0.25) is 0 Å². The van der Waals surface area contributed by atoms with E-state index >= 15 is 0 Å². The van der Waals surface area contributed by atoms with Crippen LogP contribution in [0.5, 0.6) is 0 Å². The average molecular weight is 425 g/mol. The van der Waals surface area contributed by atoms with Gasteiger partial charge in [0.15, 0.2) is 0 Å². The van der Waals surface area contributed by atoms with Crippen molar-refractivity contribution in [3.63, 3.8) is 0 Å². The Morgan fingerprint density at radius 1 is 1.00 bits per heavy atom. The molecule has 4 rings (SSSR count). The van der Waals surface area contributed by atoms with E-state index in [1.54, 1.807) is 22.5 Å². The fourth-order valence-electron chi connectivity index (χ4n) is 3.97. The molecule has 0 bridgehead atoms. The molecule has 1 amide bonds. The molecule has 1 aromatic heterocycles. The van der Waals surface area contributed by atoms with E-state index in [4.69, 9.17) is 0 Å². The van der Waals surface area contributed by atoms with Crippen molar-refractivity contribution in [1.29, 1.82) is 0 Å². The van der Waals surface area contributed by atoms with Crippen molar-refractivity contribution < 1.29 is 13.2 Å². The highest BCUT2D eigenvalue weighted by Crippen LogP contribution is 2.30. The predicted molar refractivity (Wildman–Crippen MR) is 116 cm³/mol. The molecule has 1 saturated heterocycles. The molecule has 0 radical (unpaired) electrons. The smallest absolute Gasteiger partial charge is 0.275 e. The first-order valence-corrected chi connectivity index (χ1v) is 11.5. The second-order valence-corrected chi connectivity index (χ2v) is 9.53. The van der Waals surface area contributed by atoms with Crippen LogP contribution in [0.3, 0.4) is 0 Å². The number of fused-ring (bicyclic) bond motifs is 1. The number of carbonyl (C=O) groups excluding carboxylic acids is 1. The summed E-state index contributed by atoms with van der Waals surface area (Å²) in [6, 6.07) is 13.5. The SMILES string of the molecule is CC1CCCC(C)N1S(=O)(=O)c1ccc(NC(=O)c2cnc3ccccc3n2)cc1. The fraction of sp³-hybridized carbons (Fsp3) is 0.318. The van der Waals surface area contributed by atoms with Crippen molar-refractivity contribution in [3.05, 3.63) is 60.4 Å². The Kier molecular flexibility index (Phi) is 5.53. The number of para-hydroxylation sites is 2. The van der Waals surface area contributed by atoms with Crippen LogP contribution < -0.4 is 5.32 Å². The van der Waals surface area contributed by atoms with Gasteiger partial charge in [-0.3, -0.25) is 9.78 Å². The summed E-state index contributed by atoms with van der Waals surface area (Å²) in [7, 11) is -3.58. The molecule has 1 aliphatic heterocycles. The normalized spacial score (nSPS) is 20.2. The molecule has 1 fully saturated rings. The van der Waals surface area contributed by atoms with Crippen molar-refractivity contribution in [2.75, 3.05) is 5.32 Å². The molecule has 156 valence electrons. The first-order chi connectivity index (χ1) is 14.4. The van der Waals surface area contributed by atoms with E-state index in [2.05, 4.69) is 15.3 Å². The summed E-state index contributed by atoms with van der Waals surface area (Å²) in [5, 5.41) is 2.75. The number of nitrogens with zero attached hydrogens (tertiary/aromatic N) is 3. The Balaban J connectivity index is 1.52. The van der Waals surface area contributed by atoms with Crippen LogP contribution in [0, 0.1) is 0 Å². The number of sulfonamides is 1. The lowest BCUT2D eigenvalue weighted by atomic mass is 10.0. The summed E-state index contributed by atoms with van der Waals surface area (Å²) in [4.78, 5) is 21.3. The summed E-state index contributed by atoms with van der Waals surface area (Å²) in [5.74, 6) is -0.401. The number of carbonyl (C=O) groups is 1. The minimum atomic E-state index is -3.58. The Morgan fingerprint density at radius 3 is 2.30 bits per heavy atom. The second kappa shape index (κ2) is 8.12. The lowest BCUT2D eigenvalue weighted by molar-refractivity contribution is 0.102. The topological polar surface area (TPSA) is 92.3 Å². The molecule has 0 saturated carbocycles. The highest BCUT2D eigenvalue weighted by Gasteiger charge is 2.35. The maximum Gasteiger partial charge on any atom is 0.275 e. The molecule has 2 unspecified atom stereocenters. The van der Waals surface area contributed by atoms with Gasteiger partial charge in [0.2, 0.25) is 10.0 Å². The predicted octanol–water partition coefficient (Wildman–Crippen LogP) is 3.83. The van der Waals surface area contributed by atoms with Crippen molar-refractivity contribution in [2.24, 2.45) is 0 Å². The molecule has 1 N–H and O–H groups in total. The standard InChI is InChI=1S/C22H24N4O3S/c1-15-6-5-7-16(2)26(15)30(28,29)18-12-10-17(11-13-18)24-22(27)21-14-23-19-8-3-4-9-20(19)25-21/h3-4,8-16H,5-7H2,1-2H3,(H,24,27). The maximum atomic E-state index is 13.1. The first-order valence-electron chi connectivity index (χ1n) is 10.0. The zero-order valence-corrected chi connectivity index (χ0v) is 17.8. The molecule has 0 spiro atoms. The minimum absolute atomic E-state index is 0.0235. The molecular formula is C22H24N4O3S. The third kappa shape index (κ3) is 3.93. The highest BCUT2D eigenvalue weighted by atomic mass is 32.2. The molecular weight excluding hydrogens is 400 g/mol. The Morgan fingerprint density at radius 2 is 1.63 bits per heavy atom. The monoisotopic (exact) mass is 424 g/mol. The molecule has 0 aliphatic carbocycles. The van der Waals surface area contributed by atoms with Crippen molar-refractivity contribution in [1.82, 2.24) is 14.3 Å². The molecule has 1 aliphatic rings. The number of piperidine rings is 1. The summed E-state index contributed by atoms with van der Waals surface area (Å²) >= 11 is 0. The molecule has 2 atom stereocenters. The lowest BCUT2D eigenvalue weighted by Crippen LogP contribution is -2.47. The van der Waals surface area contributed by atoms with Crippen molar-refractivity contribution in [2.45, 2.75) is 50.1 Å². The molecule has 30 heavy (non-hydrogen) atoms. The van der Waals surface area contributed by atoms with Gasteiger partial charge in [0, 0.05) is 17.8 Å². The Labute approximate surface area is 176 Å². The maximum absolute atomic E-state index is 13.1. The zero-order valence-electron chi connectivity index (χ0n) is 16.9. The van der Waals surface area contributed by atoms with Crippen LogP contribution in [0.25, 0.3) is 11.0 Å². The van der Waals surface area contributed by atoms with Crippen LogP contribution in [-0.2, 0) is 10.0 Å². The lowest BCUT2D eigenvalue weighted by Gasteiger charge is -2.37. The van der Waals surface area contributed by atoms with Gasteiger partial charge in [-0.1, -0.05) is 18.6 Å². The van der Waals surface area contributed by atoms with Crippen molar-refractivity contribution in [3.8, 4) is 0 Å². The van der Waals surface area contributed by atoms with Crippen LogP contribution >= 0.6 is 0 Å². The summed E-state index contributed by atoms with van der Waals surface area (Å²) in [6.45, 7) is 3.90. The van der Waals surface area contributed by atoms with E-state index in [0.717, 1.165) is 19.3 Å². The third-order valence-corrected chi connectivity index (χ3v) is 7.62. The van der Waals surface area contributed by atoms with Gasteiger partial charge in [-0.15, -0.1) is 0 Å². The fourth-order valence-corrected chi connectivity index (χ4v) is 5.85. The van der Waals surface area contributed by atoms with E-state index < -0.39 is 15.9 Å². The number of anilines is 1. The van der Waals surface area contributed by atoms with E-state index in [9.17, 15) is 13.2 Å². The number of hydrogen-bond donors (Lipinski definition) is 1. The van der Waals surface area contributed by atoms with Gasteiger partial charge in [-0.2, -0.15) is 4.31 Å². The number of aromatic nitrogens is 2. The van der Waals surface area contributed by atoms with Gasteiger partial charge in [0.05, 0.1) is 22.1 Å². The van der Waals surface area contributed by atoms with Gasteiger partial charge in [0.1, 0.15) is 5.69 Å². The zero-order chi connectivity index (χ0) is 21.3. The van der Waals surface area contributed by atoms with Gasteiger partial charge in [-0.25, -0.2) is 13.4 Å². The van der Waals surface area contributed by atoms with Gasteiger partial charge < -0.3 is 5.32 Å². The van der Waals surface area contributed by atoms with Crippen LogP contribution in [0.1, 0.15) is 43.6 Å². The number of benzene rings is 2. The molecule has 2 heterocycles. The van der Waals surface area contributed by atoms with Gasteiger partial charge >= 0.3 is 0 Å². The third-order valence-electron chi connectivity index (χ3n) is 5.48. The molecule has 8 heteroatoms. The van der Waals surface area contributed by atoms with Crippen molar-refractivity contribution >= 4 is 32.7 Å². The van der Waals surface area contributed by atoms with Gasteiger partial charge in [0.25, 0.3) is 5.91 Å². The number of hydrogen-bond acceptors (Lipinski definition) is 5. The van der Waals surface area contributed by atoms with E-state index in [1.165, 1.54) is 18.3 Å². The highest BCUT2D eigenvalue weighted by molar-refractivity contribution is 7.89. The Bertz CT molecular complexity index is 1170. The van der Waals surface area contributed by atoms with Crippen LogP contribution in [0.15, 0.2) is 59.6 Å².